The molecule has 0 aromatic carbocycles. The molecule has 0 saturated carbocycles. The summed E-state index contributed by atoms with van der Waals surface area (Å²) in [6.45, 7) is 7.44. The van der Waals surface area contributed by atoms with E-state index in [0.717, 1.165) is 24.8 Å². The summed E-state index contributed by atoms with van der Waals surface area (Å²) in [4.78, 5) is 11.0. The van der Waals surface area contributed by atoms with E-state index in [2.05, 4.69) is 21.7 Å². The Bertz CT molecular complexity index is 403. The van der Waals surface area contributed by atoms with Crippen LogP contribution >= 0.6 is 11.3 Å². The van der Waals surface area contributed by atoms with Gasteiger partial charge in [0.25, 0.3) is 0 Å². The number of rotatable bonds is 2. The Labute approximate surface area is 106 Å². The van der Waals surface area contributed by atoms with Crippen LogP contribution in [0.5, 0.6) is 0 Å². The topological polar surface area (TPSA) is 45.4 Å². The monoisotopic (exact) mass is 252 g/mol. The number of aromatic nitrogens is 1. The summed E-state index contributed by atoms with van der Waals surface area (Å²) in [5, 5.41) is 1.18. The maximum atomic E-state index is 5.72. The third-order valence-corrected chi connectivity index (χ3v) is 5.17. The van der Waals surface area contributed by atoms with Gasteiger partial charge in [0.2, 0.25) is 0 Å². The van der Waals surface area contributed by atoms with Gasteiger partial charge in [0.15, 0.2) is 5.13 Å². The number of thiazole rings is 1. The molecule has 0 radical (unpaired) electrons. The fourth-order valence-electron chi connectivity index (χ4n) is 2.90. The first-order valence-electron chi connectivity index (χ1n) is 6.43. The Hall–Kier alpha value is -0.650. The Balaban J connectivity index is 1.75. The van der Waals surface area contributed by atoms with Gasteiger partial charge >= 0.3 is 0 Å². The van der Waals surface area contributed by atoms with E-state index in [0.29, 0.717) is 6.54 Å². The summed E-state index contributed by atoms with van der Waals surface area (Å²) >= 11 is 1.77. The quantitative estimate of drug-likeness (QED) is 0.859. The first-order valence-corrected chi connectivity index (χ1v) is 7.25. The Morgan fingerprint density at radius 2 is 2.29 bits per heavy atom. The highest BCUT2D eigenvalue weighted by Gasteiger charge is 2.31. The predicted molar refractivity (Wildman–Crippen MR) is 71.6 cm³/mol. The minimum atomic E-state index is 0.618. The molecule has 1 unspecified atom stereocenters. The third-order valence-electron chi connectivity index (χ3n) is 3.92. The number of nitrogens with two attached hydrogens (primary N) is 1. The van der Waals surface area contributed by atoms with Gasteiger partial charge in [0.1, 0.15) is 0 Å². The van der Waals surface area contributed by atoms with E-state index < -0.39 is 0 Å². The van der Waals surface area contributed by atoms with E-state index in [9.17, 15) is 0 Å². The van der Waals surface area contributed by atoms with Crippen molar-refractivity contribution in [2.24, 2.45) is 5.73 Å². The van der Waals surface area contributed by atoms with E-state index in [1.165, 1.54) is 35.9 Å². The van der Waals surface area contributed by atoms with Crippen LogP contribution in [-0.4, -0.2) is 42.1 Å². The summed E-state index contributed by atoms with van der Waals surface area (Å²) in [5.74, 6) is 0. The molecule has 2 aliphatic rings. The first-order chi connectivity index (χ1) is 8.28. The van der Waals surface area contributed by atoms with Crippen LogP contribution in [0.2, 0.25) is 0 Å². The Morgan fingerprint density at radius 3 is 3.06 bits per heavy atom. The average molecular weight is 252 g/mol. The van der Waals surface area contributed by atoms with Crippen LogP contribution in [0.4, 0.5) is 5.13 Å². The molecule has 0 spiro atoms. The average Bonchev–Trinajstić information content (AvgIpc) is 2.93. The number of aryl methyl sites for hydroxylation is 1. The van der Waals surface area contributed by atoms with Crippen LogP contribution < -0.4 is 10.6 Å². The zero-order valence-corrected chi connectivity index (χ0v) is 11.2. The van der Waals surface area contributed by atoms with Crippen molar-refractivity contribution in [1.29, 1.82) is 0 Å². The molecule has 0 aliphatic carbocycles. The third kappa shape index (κ3) is 2.07. The van der Waals surface area contributed by atoms with Crippen molar-refractivity contribution >= 4 is 16.5 Å². The summed E-state index contributed by atoms with van der Waals surface area (Å²) in [7, 11) is 0. The molecule has 17 heavy (non-hydrogen) atoms. The molecular formula is C12H20N4S. The second kappa shape index (κ2) is 4.55. The van der Waals surface area contributed by atoms with Gasteiger partial charge in [-0.1, -0.05) is 0 Å². The highest BCUT2D eigenvalue weighted by molar-refractivity contribution is 7.15. The number of piperazine rings is 1. The van der Waals surface area contributed by atoms with Gasteiger partial charge in [0.05, 0.1) is 5.69 Å². The molecule has 2 N–H and O–H groups in total. The van der Waals surface area contributed by atoms with Crippen molar-refractivity contribution in [3.05, 3.63) is 10.6 Å². The number of hydrogen-bond acceptors (Lipinski definition) is 5. The van der Waals surface area contributed by atoms with Gasteiger partial charge in [-0.05, 0) is 26.3 Å². The fourth-order valence-corrected chi connectivity index (χ4v) is 3.88. The molecule has 3 heterocycles. The van der Waals surface area contributed by atoms with E-state index in [-0.39, 0.29) is 0 Å². The molecule has 2 fully saturated rings. The van der Waals surface area contributed by atoms with Crippen LogP contribution in [-0.2, 0) is 6.54 Å². The lowest BCUT2D eigenvalue weighted by atomic mass is 10.2. The summed E-state index contributed by atoms with van der Waals surface area (Å²) in [5.41, 5.74) is 6.84. The van der Waals surface area contributed by atoms with Crippen molar-refractivity contribution in [2.75, 3.05) is 31.1 Å². The van der Waals surface area contributed by atoms with Gasteiger partial charge in [-0.3, -0.25) is 4.90 Å². The van der Waals surface area contributed by atoms with Crippen LogP contribution in [0, 0.1) is 6.92 Å². The minimum Gasteiger partial charge on any atom is -0.345 e. The Morgan fingerprint density at radius 1 is 1.41 bits per heavy atom. The van der Waals surface area contributed by atoms with Crippen LogP contribution in [0.15, 0.2) is 0 Å². The van der Waals surface area contributed by atoms with Gasteiger partial charge in [-0.15, -0.1) is 11.3 Å². The van der Waals surface area contributed by atoms with Crippen LogP contribution in [0.3, 0.4) is 0 Å². The molecule has 4 nitrogen and oxygen atoms in total. The highest BCUT2D eigenvalue weighted by atomic mass is 32.1. The molecule has 1 aromatic rings. The standard InChI is InChI=1S/C12H20N4S/c1-9-11(7-13)17-12(14-9)16-6-5-15-4-2-3-10(15)8-16/h10H,2-8,13H2,1H3. The number of hydrogen-bond donors (Lipinski definition) is 1. The second-order valence-electron chi connectivity index (χ2n) is 4.99. The molecule has 5 heteroatoms. The second-order valence-corrected chi connectivity index (χ2v) is 6.05. The molecule has 2 saturated heterocycles. The lowest BCUT2D eigenvalue weighted by molar-refractivity contribution is 0.231. The molecule has 1 atom stereocenters. The normalized spacial score (nSPS) is 25.3. The number of fused-ring (bicyclic) bond motifs is 1. The lowest BCUT2D eigenvalue weighted by Gasteiger charge is -2.37. The van der Waals surface area contributed by atoms with Crippen molar-refractivity contribution < 1.29 is 0 Å². The molecule has 0 bridgehead atoms. The predicted octanol–water partition coefficient (Wildman–Crippen LogP) is 1.19. The van der Waals surface area contributed by atoms with Gasteiger partial charge < -0.3 is 10.6 Å². The molecular weight excluding hydrogens is 232 g/mol. The zero-order chi connectivity index (χ0) is 11.8. The van der Waals surface area contributed by atoms with E-state index in [4.69, 9.17) is 5.73 Å². The molecule has 2 aliphatic heterocycles. The summed E-state index contributed by atoms with van der Waals surface area (Å²) in [6, 6.07) is 0.759. The summed E-state index contributed by atoms with van der Waals surface area (Å²) in [6.07, 6.45) is 2.72. The van der Waals surface area contributed by atoms with Gasteiger partial charge in [0, 0.05) is 37.1 Å². The first kappa shape index (κ1) is 11.4. The molecule has 0 amide bonds. The zero-order valence-electron chi connectivity index (χ0n) is 10.4. The number of anilines is 1. The van der Waals surface area contributed by atoms with E-state index >= 15 is 0 Å². The van der Waals surface area contributed by atoms with Gasteiger partial charge in [-0.2, -0.15) is 0 Å². The molecule has 94 valence electrons. The lowest BCUT2D eigenvalue weighted by Crippen LogP contribution is -2.50. The highest BCUT2D eigenvalue weighted by Crippen LogP contribution is 2.29. The smallest absolute Gasteiger partial charge is 0.185 e. The fraction of sp³-hybridized carbons (Fsp3) is 0.750. The van der Waals surface area contributed by atoms with Crippen molar-refractivity contribution in [2.45, 2.75) is 32.4 Å². The van der Waals surface area contributed by atoms with Crippen LogP contribution in [0.1, 0.15) is 23.4 Å². The molecule has 1 aromatic heterocycles. The maximum Gasteiger partial charge on any atom is 0.185 e. The Kier molecular flexibility index (Phi) is 3.06. The van der Waals surface area contributed by atoms with Crippen molar-refractivity contribution in [3.63, 3.8) is 0 Å². The number of nitrogens with zero attached hydrogens (tertiary/aromatic N) is 3. The van der Waals surface area contributed by atoms with E-state index in [1.807, 2.05) is 0 Å². The van der Waals surface area contributed by atoms with Gasteiger partial charge in [-0.25, -0.2) is 4.98 Å². The minimum absolute atomic E-state index is 0.618. The van der Waals surface area contributed by atoms with Crippen LogP contribution in [0.25, 0.3) is 0 Å². The van der Waals surface area contributed by atoms with E-state index in [1.54, 1.807) is 11.3 Å². The van der Waals surface area contributed by atoms with Crippen molar-refractivity contribution in [3.8, 4) is 0 Å². The van der Waals surface area contributed by atoms with Crippen molar-refractivity contribution in [1.82, 2.24) is 9.88 Å². The summed E-state index contributed by atoms with van der Waals surface area (Å²) < 4.78 is 0. The largest absolute Gasteiger partial charge is 0.345 e. The molecule has 3 rings (SSSR count). The maximum absolute atomic E-state index is 5.72. The SMILES string of the molecule is Cc1nc(N2CCN3CCCC3C2)sc1CN.